The number of ketones is 1. The van der Waals surface area contributed by atoms with E-state index in [2.05, 4.69) is 20.9 Å². The number of thiazole rings is 1. The molecule has 0 aliphatic heterocycles. The minimum Gasteiger partial charge on any atom is -0.293 e. The summed E-state index contributed by atoms with van der Waals surface area (Å²) in [6.07, 6.45) is 3.90. The van der Waals surface area contributed by atoms with Crippen LogP contribution < -0.4 is 0 Å². The highest BCUT2D eigenvalue weighted by atomic mass is 79.9. The van der Waals surface area contributed by atoms with Crippen LogP contribution in [0.4, 0.5) is 0 Å². The van der Waals surface area contributed by atoms with Crippen LogP contribution in [0.15, 0.2) is 5.38 Å². The molecule has 0 saturated heterocycles. The number of halogens is 1. The molecule has 0 spiro atoms. The molecule has 1 heterocycles. The Morgan fingerprint density at radius 3 is 2.86 bits per heavy atom. The van der Waals surface area contributed by atoms with Gasteiger partial charge in [0.05, 0.1) is 4.83 Å². The second-order valence-corrected chi connectivity index (χ2v) is 5.60. The van der Waals surface area contributed by atoms with Crippen LogP contribution in [0, 0.1) is 5.92 Å². The van der Waals surface area contributed by atoms with Gasteiger partial charge in [0, 0.05) is 12.3 Å². The molecule has 2 nitrogen and oxygen atoms in total. The number of carbonyl (C=O) groups excluding carboxylic acids is 1. The SMILES string of the molecule is CC(=O)c1csc(C(Br)C2CCC2)n1. The topological polar surface area (TPSA) is 30.0 Å². The molecule has 1 fully saturated rings. The second kappa shape index (κ2) is 4.11. The zero-order chi connectivity index (χ0) is 10.1. The number of hydrogen-bond acceptors (Lipinski definition) is 3. The molecule has 1 saturated carbocycles. The molecule has 1 aliphatic carbocycles. The third-order valence-electron chi connectivity index (χ3n) is 2.68. The molecule has 1 unspecified atom stereocenters. The van der Waals surface area contributed by atoms with Crippen LogP contribution in [-0.4, -0.2) is 10.8 Å². The predicted octanol–water partition coefficient (Wildman–Crippen LogP) is 3.58. The third kappa shape index (κ3) is 1.91. The first-order chi connectivity index (χ1) is 6.68. The fraction of sp³-hybridized carbons (Fsp3) is 0.600. The van der Waals surface area contributed by atoms with Gasteiger partial charge in [0.2, 0.25) is 0 Å². The van der Waals surface area contributed by atoms with E-state index in [1.807, 2.05) is 5.38 Å². The van der Waals surface area contributed by atoms with Crippen LogP contribution in [0.3, 0.4) is 0 Å². The van der Waals surface area contributed by atoms with Gasteiger partial charge in [-0.3, -0.25) is 4.79 Å². The summed E-state index contributed by atoms with van der Waals surface area (Å²) >= 11 is 5.25. The molecule has 4 heteroatoms. The summed E-state index contributed by atoms with van der Waals surface area (Å²) in [5.74, 6) is 0.779. The Morgan fingerprint density at radius 1 is 1.71 bits per heavy atom. The van der Waals surface area contributed by atoms with E-state index in [0.717, 1.165) is 10.9 Å². The number of hydrogen-bond donors (Lipinski definition) is 0. The van der Waals surface area contributed by atoms with E-state index in [1.54, 1.807) is 18.3 Å². The van der Waals surface area contributed by atoms with Gasteiger partial charge in [0.1, 0.15) is 10.7 Å². The van der Waals surface area contributed by atoms with Gasteiger partial charge in [-0.25, -0.2) is 4.98 Å². The van der Waals surface area contributed by atoms with Crippen molar-refractivity contribution >= 4 is 33.0 Å². The van der Waals surface area contributed by atoms with Crippen LogP contribution in [0.5, 0.6) is 0 Å². The molecular formula is C10H12BrNOS. The quantitative estimate of drug-likeness (QED) is 0.623. The van der Waals surface area contributed by atoms with E-state index in [1.165, 1.54) is 19.3 Å². The summed E-state index contributed by atoms with van der Waals surface area (Å²) in [6, 6.07) is 0. The lowest BCUT2D eigenvalue weighted by Crippen LogP contribution is -2.16. The van der Waals surface area contributed by atoms with Crippen LogP contribution in [0.25, 0.3) is 0 Å². The van der Waals surface area contributed by atoms with Gasteiger partial charge < -0.3 is 0 Å². The number of carbonyl (C=O) groups is 1. The highest BCUT2D eigenvalue weighted by Crippen LogP contribution is 2.43. The Kier molecular flexibility index (Phi) is 3.02. The first kappa shape index (κ1) is 10.3. The van der Waals surface area contributed by atoms with Crippen LogP contribution >= 0.6 is 27.3 Å². The summed E-state index contributed by atoms with van der Waals surface area (Å²) in [5, 5.41) is 2.91. The molecule has 1 atom stereocenters. The molecule has 0 bridgehead atoms. The maximum atomic E-state index is 11.1. The zero-order valence-electron chi connectivity index (χ0n) is 8.00. The van der Waals surface area contributed by atoms with E-state index in [9.17, 15) is 4.79 Å². The maximum Gasteiger partial charge on any atom is 0.178 e. The number of alkyl halides is 1. The average molecular weight is 274 g/mol. The van der Waals surface area contributed by atoms with E-state index in [4.69, 9.17) is 0 Å². The van der Waals surface area contributed by atoms with Gasteiger partial charge in [0.25, 0.3) is 0 Å². The standard InChI is InChI=1S/C10H12BrNOS/c1-6(13)8-5-14-10(12-8)9(11)7-3-2-4-7/h5,7,9H,2-4H2,1H3. The summed E-state index contributed by atoms with van der Waals surface area (Å²) in [4.78, 5) is 15.8. The Morgan fingerprint density at radius 2 is 2.43 bits per heavy atom. The Hall–Kier alpha value is -0.220. The first-order valence-corrected chi connectivity index (χ1v) is 6.58. The van der Waals surface area contributed by atoms with Crippen molar-refractivity contribution in [1.82, 2.24) is 4.98 Å². The van der Waals surface area contributed by atoms with Crippen molar-refractivity contribution in [2.75, 3.05) is 0 Å². The molecule has 14 heavy (non-hydrogen) atoms. The van der Waals surface area contributed by atoms with Gasteiger partial charge in [-0.2, -0.15) is 0 Å². The van der Waals surface area contributed by atoms with Gasteiger partial charge >= 0.3 is 0 Å². The van der Waals surface area contributed by atoms with Gasteiger partial charge in [-0.15, -0.1) is 11.3 Å². The van der Waals surface area contributed by atoms with Crippen LogP contribution in [0.2, 0.25) is 0 Å². The lowest BCUT2D eigenvalue weighted by atomic mass is 9.83. The normalized spacial score (nSPS) is 19.0. The molecule has 1 aromatic rings. The minimum absolute atomic E-state index is 0.0563. The number of rotatable bonds is 3. The van der Waals surface area contributed by atoms with Crippen molar-refractivity contribution in [3.8, 4) is 0 Å². The smallest absolute Gasteiger partial charge is 0.178 e. The summed E-state index contributed by atoms with van der Waals surface area (Å²) in [6.45, 7) is 1.56. The maximum absolute atomic E-state index is 11.1. The summed E-state index contributed by atoms with van der Waals surface area (Å²) < 4.78 is 0. The zero-order valence-corrected chi connectivity index (χ0v) is 10.4. The molecule has 2 rings (SSSR count). The Bertz CT molecular complexity index is 346. The second-order valence-electron chi connectivity index (χ2n) is 3.72. The summed E-state index contributed by atoms with van der Waals surface area (Å²) in [5.41, 5.74) is 0.605. The number of Topliss-reactive ketones (excluding diaryl/α,β-unsaturated/α-hetero) is 1. The first-order valence-electron chi connectivity index (χ1n) is 4.79. The fourth-order valence-corrected chi connectivity index (χ4v) is 3.39. The molecule has 1 aliphatic rings. The van der Waals surface area contributed by atoms with Crippen LogP contribution in [0.1, 0.15) is 46.5 Å². The molecule has 0 radical (unpaired) electrons. The number of aromatic nitrogens is 1. The van der Waals surface area contributed by atoms with E-state index >= 15 is 0 Å². The fourth-order valence-electron chi connectivity index (χ4n) is 1.51. The molecule has 0 aromatic carbocycles. The Labute approximate surface area is 95.9 Å². The highest BCUT2D eigenvalue weighted by molar-refractivity contribution is 9.09. The molecule has 76 valence electrons. The lowest BCUT2D eigenvalue weighted by molar-refractivity contribution is 0.101. The van der Waals surface area contributed by atoms with Gasteiger partial charge in [0.15, 0.2) is 5.78 Å². The third-order valence-corrected chi connectivity index (χ3v) is 5.09. The average Bonchev–Trinajstić information content (AvgIpc) is 2.48. The molecule has 0 N–H and O–H groups in total. The van der Waals surface area contributed by atoms with E-state index < -0.39 is 0 Å². The van der Waals surface area contributed by atoms with Crippen molar-refractivity contribution < 1.29 is 4.79 Å². The minimum atomic E-state index is 0.0563. The van der Waals surface area contributed by atoms with E-state index in [-0.39, 0.29) is 5.78 Å². The van der Waals surface area contributed by atoms with Crippen molar-refractivity contribution in [3.63, 3.8) is 0 Å². The van der Waals surface area contributed by atoms with Crippen molar-refractivity contribution in [1.29, 1.82) is 0 Å². The largest absolute Gasteiger partial charge is 0.293 e. The van der Waals surface area contributed by atoms with Gasteiger partial charge in [-0.05, 0) is 18.8 Å². The lowest BCUT2D eigenvalue weighted by Gasteiger charge is -2.28. The number of nitrogens with zero attached hydrogens (tertiary/aromatic N) is 1. The van der Waals surface area contributed by atoms with Crippen molar-refractivity contribution in [2.24, 2.45) is 5.92 Å². The molecular weight excluding hydrogens is 262 g/mol. The summed E-state index contributed by atoms with van der Waals surface area (Å²) in [7, 11) is 0. The van der Waals surface area contributed by atoms with Crippen molar-refractivity contribution in [3.05, 3.63) is 16.1 Å². The Balaban J connectivity index is 2.11. The van der Waals surface area contributed by atoms with Crippen LogP contribution in [-0.2, 0) is 0 Å². The van der Waals surface area contributed by atoms with Crippen molar-refractivity contribution in [2.45, 2.75) is 31.0 Å². The monoisotopic (exact) mass is 273 g/mol. The van der Waals surface area contributed by atoms with E-state index in [0.29, 0.717) is 10.5 Å². The predicted molar refractivity (Wildman–Crippen MR) is 61.1 cm³/mol. The molecule has 1 aromatic heterocycles. The molecule has 0 amide bonds. The highest BCUT2D eigenvalue weighted by Gasteiger charge is 2.28. The van der Waals surface area contributed by atoms with Gasteiger partial charge in [-0.1, -0.05) is 22.4 Å².